The van der Waals surface area contributed by atoms with E-state index in [9.17, 15) is 19.2 Å². The SMILES string of the molecule is COc1ccc(CCC(=O)OC(C)C(=O)Nc2ccc3c(c2)C(=O)c2ccccc2C3=O)cc1OC. The van der Waals surface area contributed by atoms with E-state index in [-0.39, 0.29) is 29.1 Å². The fourth-order valence-corrected chi connectivity index (χ4v) is 4.01. The summed E-state index contributed by atoms with van der Waals surface area (Å²) < 4.78 is 15.7. The van der Waals surface area contributed by atoms with E-state index in [1.165, 1.54) is 26.2 Å². The normalized spacial score (nSPS) is 12.8. The second-order valence-electron chi connectivity index (χ2n) is 8.27. The monoisotopic (exact) mass is 487 g/mol. The number of carbonyl (C=O) groups is 4. The molecule has 36 heavy (non-hydrogen) atoms. The number of rotatable bonds is 8. The van der Waals surface area contributed by atoms with E-state index in [4.69, 9.17) is 14.2 Å². The third kappa shape index (κ3) is 4.98. The highest BCUT2D eigenvalue weighted by atomic mass is 16.5. The molecule has 0 spiro atoms. The maximum Gasteiger partial charge on any atom is 0.306 e. The summed E-state index contributed by atoms with van der Waals surface area (Å²) in [6.45, 7) is 1.47. The maximum absolute atomic E-state index is 12.9. The van der Waals surface area contributed by atoms with Crippen LogP contribution in [0.3, 0.4) is 0 Å². The molecule has 0 aromatic heterocycles. The van der Waals surface area contributed by atoms with Gasteiger partial charge >= 0.3 is 5.97 Å². The number of hydrogen-bond acceptors (Lipinski definition) is 7. The van der Waals surface area contributed by atoms with Crippen LogP contribution in [-0.2, 0) is 20.7 Å². The highest BCUT2D eigenvalue weighted by Crippen LogP contribution is 2.30. The average Bonchev–Trinajstić information content (AvgIpc) is 2.90. The van der Waals surface area contributed by atoms with Crippen molar-refractivity contribution in [1.82, 2.24) is 0 Å². The number of aryl methyl sites for hydroxylation is 1. The summed E-state index contributed by atoms with van der Waals surface area (Å²) in [6.07, 6.45) is -0.588. The lowest BCUT2D eigenvalue weighted by molar-refractivity contribution is -0.153. The van der Waals surface area contributed by atoms with Crippen molar-refractivity contribution in [3.8, 4) is 11.5 Å². The first-order valence-electron chi connectivity index (χ1n) is 11.4. The molecule has 1 unspecified atom stereocenters. The molecular formula is C28H25NO7. The average molecular weight is 488 g/mol. The summed E-state index contributed by atoms with van der Waals surface area (Å²) in [6, 6.07) is 16.5. The molecular weight excluding hydrogens is 462 g/mol. The van der Waals surface area contributed by atoms with Crippen molar-refractivity contribution < 1.29 is 33.4 Å². The number of anilines is 1. The largest absolute Gasteiger partial charge is 0.493 e. The fourth-order valence-electron chi connectivity index (χ4n) is 4.01. The van der Waals surface area contributed by atoms with Gasteiger partial charge in [0.2, 0.25) is 0 Å². The second kappa shape index (κ2) is 10.4. The van der Waals surface area contributed by atoms with E-state index in [1.807, 2.05) is 6.07 Å². The Bertz CT molecular complexity index is 1360. The Morgan fingerprint density at radius 2 is 1.44 bits per heavy atom. The van der Waals surface area contributed by atoms with Crippen LogP contribution in [0.15, 0.2) is 60.7 Å². The number of hydrogen-bond donors (Lipinski definition) is 1. The van der Waals surface area contributed by atoms with E-state index in [0.717, 1.165) is 5.56 Å². The molecule has 0 saturated heterocycles. The molecule has 4 rings (SSSR count). The second-order valence-corrected chi connectivity index (χ2v) is 8.27. The zero-order chi connectivity index (χ0) is 25.8. The van der Waals surface area contributed by atoms with Crippen LogP contribution in [-0.4, -0.2) is 43.8 Å². The molecule has 8 heteroatoms. The van der Waals surface area contributed by atoms with Gasteiger partial charge in [0.15, 0.2) is 29.2 Å². The molecule has 3 aromatic rings. The van der Waals surface area contributed by atoms with Crippen molar-refractivity contribution in [2.45, 2.75) is 25.9 Å². The molecule has 8 nitrogen and oxygen atoms in total. The minimum absolute atomic E-state index is 0.0714. The van der Waals surface area contributed by atoms with Gasteiger partial charge in [-0.05, 0) is 49.2 Å². The minimum atomic E-state index is -1.06. The first-order valence-corrected chi connectivity index (χ1v) is 11.4. The van der Waals surface area contributed by atoms with E-state index in [2.05, 4.69) is 5.32 Å². The minimum Gasteiger partial charge on any atom is -0.493 e. The predicted octanol–water partition coefficient (Wildman–Crippen LogP) is 3.98. The molecule has 1 amide bonds. The van der Waals surface area contributed by atoms with E-state index < -0.39 is 18.0 Å². The number of carbonyl (C=O) groups excluding carboxylic acids is 4. The quantitative estimate of drug-likeness (QED) is 0.375. The third-order valence-corrected chi connectivity index (χ3v) is 5.94. The van der Waals surface area contributed by atoms with E-state index >= 15 is 0 Å². The first kappa shape index (κ1) is 24.7. The number of benzene rings is 3. The zero-order valence-electron chi connectivity index (χ0n) is 20.1. The van der Waals surface area contributed by atoms with Crippen LogP contribution in [0, 0.1) is 0 Å². The van der Waals surface area contributed by atoms with Crippen molar-refractivity contribution in [3.05, 3.63) is 88.5 Å². The van der Waals surface area contributed by atoms with Gasteiger partial charge in [-0.25, -0.2) is 0 Å². The standard InChI is InChI=1S/C28H25NO7/c1-16(36-25(30)13-9-17-8-12-23(34-2)24(14-17)35-3)28(33)29-18-10-11-21-22(15-18)27(32)20-7-5-4-6-19(20)26(21)31/h4-8,10-12,14-16H,9,13H2,1-3H3,(H,29,33). The zero-order valence-corrected chi connectivity index (χ0v) is 20.1. The number of fused-ring (bicyclic) bond motifs is 2. The molecule has 184 valence electrons. The highest BCUT2D eigenvalue weighted by Gasteiger charge is 2.29. The van der Waals surface area contributed by atoms with Gasteiger partial charge in [-0.2, -0.15) is 0 Å². The van der Waals surface area contributed by atoms with Gasteiger partial charge in [0.25, 0.3) is 5.91 Å². The van der Waals surface area contributed by atoms with Crippen LogP contribution in [0.4, 0.5) is 5.69 Å². The van der Waals surface area contributed by atoms with Gasteiger partial charge in [-0.15, -0.1) is 0 Å². The van der Waals surface area contributed by atoms with Crippen LogP contribution in [0.5, 0.6) is 11.5 Å². The van der Waals surface area contributed by atoms with Crippen LogP contribution < -0.4 is 14.8 Å². The van der Waals surface area contributed by atoms with Crippen molar-refractivity contribution >= 4 is 29.1 Å². The summed E-state index contributed by atoms with van der Waals surface area (Å²) >= 11 is 0. The van der Waals surface area contributed by atoms with Crippen molar-refractivity contribution in [2.24, 2.45) is 0 Å². The maximum atomic E-state index is 12.9. The van der Waals surface area contributed by atoms with Gasteiger partial charge < -0.3 is 19.5 Å². The fraction of sp³-hybridized carbons (Fsp3) is 0.214. The number of esters is 1. The molecule has 1 N–H and O–H groups in total. The summed E-state index contributed by atoms with van der Waals surface area (Å²) in [4.78, 5) is 50.6. The Balaban J connectivity index is 1.36. The Morgan fingerprint density at radius 1 is 0.806 bits per heavy atom. The van der Waals surface area contributed by atoms with Crippen LogP contribution in [0.2, 0.25) is 0 Å². The predicted molar refractivity (Wildman–Crippen MR) is 132 cm³/mol. The van der Waals surface area contributed by atoms with Gasteiger partial charge in [-0.3, -0.25) is 19.2 Å². The van der Waals surface area contributed by atoms with Crippen LogP contribution in [0.1, 0.15) is 50.8 Å². The molecule has 0 saturated carbocycles. The summed E-state index contributed by atoms with van der Waals surface area (Å²) in [7, 11) is 3.08. The van der Waals surface area contributed by atoms with Gasteiger partial charge in [0.05, 0.1) is 14.2 Å². The molecule has 1 aliphatic rings. The van der Waals surface area contributed by atoms with Crippen molar-refractivity contribution in [2.75, 3.05) is 19.5 Å². The Morgan fingerprint density at radius 3 is 2.11 bits per heavy atom. The molecule has 0 radical (unpaired) electrons. The Kier molecular flexibility index (Phi) is 7.15. The topological polar surface area (TPSA) is 108 Å². The summed E-state index contributed by atoms with van der Waals surface area (Å²) in [5.41, 5.74) is 2.38. The Hall–Kier alpha value is -4.46. The number of amides is 1. The molecule has 0 heterocycles. The molecule has 0 bridgehead atoms. The lowest BCUT2D eigenvalue weighted by atomic mass is 9.84. The number of methoxy groups -OCH3 is 2. The molecule has 0 fully saturated rings. The number of ketones is 2. The van der Waals surface area contributed by atoms with Gasteiger partial charge in [0.1, 0.15) is 0 Å². The summed E-state index contributed by atoms with van der Waals surface area (Å²) in [5, 5.41) is 2.65. The molecule has 3 aromatic carbocycles. The molecule has 1 aliphatic carbocycles. The van der Waals surface area contributed by atoms with Crippen LogP contribution >= 0.6 is 0 Å². The number of nitrogens with one attached hydrogen (secondary N) is 1. The molecule has 0 aliphatic heterocycles. The third-order valence-electron chi connectivity index (χ3n) is 5.94. The molecule has 1 atom stereocenters. The lowest BCUT2D eigenvalue weighted by Gasteiger charge is -2.19. The van der Waals surface area contributed by atoms with Crippen molar-refractivity contribution in [3.63, 3.8) is 0 Å². The lowest BCUT2D eigenvalue weighted by Crippen LogP contribution is -2.30. The van der Waals surface area contributed by atoms with Gasteiger partial charge in [0, 0.05) is 34.4 Å². The summed E-state index contributed by atoms with van der Waals surface area (Å²) in [5.74, 6) is -0.461. The smallest absolute Gasteiger partial charge is 0.306 e. The van der Waals surface area contributed by atoms with E-state index in [0.29, 0.717) is 34.7 Å². The highest BCUT2D eigenvalue weighted by molar-refractivity contribution is 6.28. The number of ether oxygens (including phenoxy) is 3. The first-order chi connectivity index (χ1) is 17.3. The van der Waals surface area contributed by atoms with Crippen LogP contribution in [0.25, 0.3) is 0 Å². The van der Waals surface area contributed by atoms with Crippen molar-refractivity contribution in [1.29, 1.82) is 0 Å². The Labute approximate surface area is 208 Å². The van der Waals surface area contributed by atoms with Gasteiger partial charge in [-0.1, -0.05) is 30.3 Å². The van der Waals surface area contributed by atoms with E-state index in [1.54, 1.807) is 49.6 Å².